The molecule has 0 heterocycles. The van der Waals surface area contributed by atoms with Crippen molar-refractivity contribution in [1.82, 2.24) is 5.32 Å². The predicted molar refractivity (Wildman–Crippen MR) is 115 cm³/mol. The molecule has 3 aromatic carbocycles. The Morgan fingerprint density at radius 2 is 1.48 bits per heavy atom. The lowest BCUT2D eigenvalue weighted by molar-refractivity contribution is -0.137. The average Bonchev–Trinajstić information content (AvgIpc) is 2.81. The molecule has 0 atom stereocenters. The number of hydrogen-bond donors (Lipinski definition) is 2. The van der Waals surface area contributed by atoms with Gasteiger partial charge in [0, 0.05) is 11.1 Å². The molecule has 33 heavy (non-hydrogen) atoms. The summed E-state index contributed by atoms with van der Waals surface area (Å²) in [5, 5.41) is 4.62. The highest BCUT2D eigenvalue weighted by molar-refractivity contribution is 6.14. The van der Waals surface area contributed by atoms with Crippen molar-refractivity contribution in [2.75, 3.05) is 11.9 Å². The Morgan fingerprint density at radius 1 is 0.848 bits per heavy atom. The van der Waals surface area contributed by atoms with Crippen LogP contribution in [-0.4, -0.2) is 24.3 Å². The van der Waals surface area contributed by atoms with Crippen LogP contribution in [0.1, 0.15) is 27.0 Å². The van der Waals surface area contributed by atoms with Crippen molar-refractivity contribution in [2.45, 2.75) is 12.8 Å². The molecule has 0 saturated carbocycles. The topological polar surface area (TPSA) is 84.5 Å². The predicted octanol–water partition coefficient (Wildman–Crippen LogP) is 4.80. The van der Waals surface area contributed by atoms with Crippen molar-refractivity contribution in [3.05, 3.63) is 101 Å². The van der Waals surface area contributed by atoms with Gasteiger partial charge in [0.25, 0.3) is 0 Å². The second kappa shape index (κ2) is 10.4. The number of nitrogens with one attached hydrogen (secondary N) is 2. The first-order valence-corrected chi connectivity index (χ1v) is 9.79. The maximum absolute atomic E-state index is 13.2. The second-order valence-corrected chi connectivity index (χ2v) is 6.92. The number of carbonyl (C=O) groups excluding carboxylic acids is 3. The number of carbonyl (C=O) groups is 3. The molecule has 0 aromatic heterocycles. The maximum atomic E-state index is 13.2. The van der Waals surface area contributed by atoms with Crippen LogP contribution in [0.25, 0.3) is 0 Å². The standard InChI is InChI=1S/C24H19F3N2O4/c25-24(26,27)18-11-12-20(19(13-18)22(31)17-9-5-2-6-10-17)29-21(30)14-28-23(32)33-15-16-7-3-1-4-8-16/h1-13H,14-15H2,(H,28,32)(H,29,30). The number of benzene rings is 3. The number of ether oxygens (including phenoxy) is 1. The summed E-state index contributed by atoms with van der Waals surface area (Å²) in [5.74, 6) is -1.43. The van der Waals surface area contributed by atoms with Crippen LogP contribution in [0.15, 0.2) is 78.9 Å². The number of hydrogen-bond acceptors (Lipinski definition) is 4. The minimum Gasteiger partial charge on any atom is -0.445 e. The highest BCUT2D eigenvalue weighted by Gasteiger charge is 2.32. The van der Waals surface area contributed by atoms with Crippen LogP contribution in [0.2, 0.25) is 0 Å². The van der Waals surface area contributed by atoms with Gasteiger partial charge in [-0.25, -0.2) is 4.79 Å². The molecular weight excluding hydrogens is 437 g/mol. The van der Waals surface area contributed by atoms with Crippen LogP contribution in [0, 0.1) is 0 Å². The molecule has 0 bridgehead atoms. The van der Waals surface area contributed by atoms with E-state index in [0.29, 0.717) is 6.07 Å². The number of halogens is 3. The van der Waals surface area contributed by atoms with Crippen LogP contribution >= 0.6 is 0 Å². The largest absolute Gasteiger partial charge is 0.445 e. The molecule has 0 fully saturated rings. The van der Waals surface area contributed by atoms with Crippen molar-refractivity contribution < 1.29 is 32.3 Å². The van der Waals surface area contributed by atoms with Crippen molar-refractivity contribution in [3.8, 4) is 0 Å². The molecule has 0 saturated heterocycles. The summed E-state index contributed by atoms with van der Waals surface area (Å²) in [6.07, 6.45) is -5.51. The first-order valence-electron chi connectivity index (χ1n) is 9.79. The summed E-state index contributed by atoms with van der Waals surface area (Å²) in [7, 11) is 0. The molecule has 0 aliphatic heterocycles. The van der Waals surface area contributed by atoms with Gasteiger partial charge in [-0.3, -0.25) is 9.59 Å². The van der Waals surface area contributed by atoms with E-state index in [4.69, 9.17) is 4.74 Å². The lowest BCUT2D eigenvalue weighted by atomic mass is 9.99. The van der Waals surface area contributed by atoms with Gasteiger partial charge in [-0.1, -0.05) is 60.7 Å². The van der Waals surface area contributed by atoms with Crippen molar-refractivity contribution in [1.29, 1.82) is 0 Å². The molecule has 0 spiro atoms. The SMILES string of the molecule is O=C(CNC(=O)OCc1ccccc1)Nc1ccc(C(F)(F)F)cc1C(=O)c1ccccc1. The highest BCUT2D eigenvalue weighted by atomic mass is 19.4. The molecular formula is C24H19F3N2O4. The summed E-state index contributed by atoms with van der Waals surface area (Å²) in [4.78, 5) is 36.9. The number of anilines is 1. The van der Waals surface area contributed by atoms with Crippen LogP contribution < -0.4 is 10.6 Å². The Kier molecular flexibility index (Phi) is 7.45. The molecule has 3 aromatic rings. The first-order chi connectivity index (χ1) is 15.7. The van der Waals surface area contributed by atoms with Crippen molar-refractivity contribution >= 4 is 23.5 Å². The van der Waals surface area contributed by atoms with Gasteiger partial charge in [0.1, 0.15) is 13.2 Å². The molecule has 0 aliphatic carbocycles. The third kappa shape index (κ3) is 6.67. The molecule has 2 amide bonds. The Morgan fingerprint density at radius 3 is 2.12 bits per heavy atom. The maximum Gasteiger partial charge on any atom is 0.416 e. The third-order valence-electron chi connectivity index (χ3n) is 4.51. The second-order valence-electron chi connectivity index (χ2n) is 6.92. The van der Waals surface area contributed by atoms with Gasteiger partial charge in [0.15, 0.2) is 5.78 Å². The molecule has 9 heteroatoms. The fourth-order valence-corrected chi connectivity index (χ4v) is 2.88. The Hall–Kier alpha value is -4.14. The van der Waals surface area contributed by atoms with E-state index in [1.165, 1.54) is 12.1 Å². The Labute approximate surface area is 187 Å². The van der Waals surface area contributed by atoms with E-state index in [1.807, 2.05) is 6.07 Å². The molecule has 3 rings (SSSR count). The van der Waals surface area contributed by atoms with E-state index in [2.05, 4.69) is 10.6 Å². The van der Waals surface area contributed by atoms with E-state index in [0.717, 1.165) is 17.7 Å². The minimum absolute atomic E-state index is 0.00290. The smallest absolute Gasteiger partial charge is 0.416 e. The van der Waals surface area contributed by atoms with E-state index < -0.39 is 36.1 Å². The molecule has 0 aliphatic rings. The number of alkyl halides is 3. The number of amides is 2. The lowest BCUT2D eigenvalue weighted by Gasteiger charge is -2.14. The molecule has 2 N–H and O–H groups in total. The van der Waals surface area contributed by atoms with Gasteiger partial charge in [0.2, 0.25) is 5.91 Å². The van der Waals surface area contributed by atoms with Crippen molar-refractivity contribution in [2.24, 2.45) is 0 Å². The molecule has 0 radical (unpaired) electrons. The fraction of sp³-hybridized carbons (Fsp3) is 0.125. The van der Waals surface area contributed by atoms with Crippen molar-refractivity contribution in [3.63, 3.8) is 0 Å². The zero-order valence-electron chi connectivity index (χ0n) is 17.2. The summed E-state index contributed by atoms with van der Waals surface area (Å²) >= 11 is 0. The van der Waals surface area contributed by atoms with Gasteiger partial charge >= 0.3 is 12.3 Å². The quantitative estimate of drug-likeness (QED) is 0.500. The van der Waals surface area contributed by atoms with Crippen LogP contribution in [0.5, 0.6) is 0 Å². The van der Waals surface area contributed by atoms with Gasteiger partial charge in [-0.2, -0.15) is 13.2 Å². The Balaban J connectivity index is 1.68. The average molecular weight is 456 g/mol. The summed E-state index contributed by atoms with van der Waals surface area (Å²) < 4.78 is 44.5. The van der Waals surface area contributed by atoms with E-state index in [-0.39, 0.29) is 23.4 Å². The van der Waals surface area contributed by atoms with Crippen LogP contribution in [0.3, 0.4) is 0 Å². The minimum atomic E-state index is -4.67. The molecule has 0 unspecified atom stereocenters. The molecule has 170 valence electrons. The van der Waals surface area contributed by atoms with Crippen LogP contribution in [-0.2, 0) is 22.3 Å². The number of rotatable bonds is 7. The summed E-state index contributed by atoms with van der Waals surface area (Å²) in [5.41, 5.74) is -0.541. The first kappa shape index (κ1) is 23.5. The monoisotopic (exact) mass is 456 g/mol. The van der Waals surface area contributed by atoms with E-state index in [9.17, 15) is 27.6 Å². The van der Waals surface area contributed by atoms with Gasteiger partial charge in [-0.05, 0) is 23.8 Å². The molecule has 6 nitrogen and oxygen atoms in total. The highest BCUT2D eigenvalue weighted by Crippen LogP contribution is 2.32. The van der Waals surface area contributed by atoms with Gasteiger partial charge < -0.3 is 15.4 Å². The zero-order valence-corrected chi connectivity index (χ0v) is 17.2. The summed E-state index contributed by atoms with van der Waals surface area (Å²) in [6, 6.07) is 19.1. The van der Waals surface area contributed by atoms with E-state index >= 15 is 0 Å². The Bertz CT molecular complexity index is 1130. The fourth-order valence-electron chi connectivity index (χ4n) is 2.88. The normalized spacial score (nSPS) is 10.9. The number of alkyl carbamates (subject to hydrolysis) is 1. The zero-order chi connectivity index (χ0) is 23.8. The third-order valence-corrected chi connectivity index (χ3v) is 4.51. The summed E-state index contributed by atoms with van der Waals surface area (Å²) in [6.45, 7) is -0.503. The van der Waals surface area contributed by atoms with Gasteiger partial charge in [0.05, 0.1) is 11.3 Å². The van der Waals surface area contributed by atoms with Gasteiger partial charge in [-0.15, -0.1) is 0 Å². The number of ketones is 1. The van der Waals surface area contributed by atoms with Crippen LogP contribution in [0.4, 0.5) is 23.7 Å². The lowest BCUT2D eigenvalue weighted by Crippen LogP contribution is -2.33. The van der Waals surface area contributed by atoms with E-state index in [1.54, 1.807) is 42.5 Å².